The molecule has 3 rings (SSSR count). The van der Waals surface area contributed by atoms with Gasteiger partial charge in [-0.1, -0.05) is 6.07 Å². The van der Waals surface area contributed by atoms with Crippen molar-refractivity contribution in [2.75, 3.05) is 18.7 Å². The number of benzene rings is 2. The molecule has 2 aromatic carbocycles. The van der Waals surface area contributed by atoms with Crippen LogP contribution in [0.4, 0.5) is 14.5 Å². The lowest BCUT2D eigenvalue weighted by atomic mass is 10.2. The van der Waals surface area contributed by atoms with E-state index < -0.39 is 12.6 Å². The van der Waals surface area contributed by atoms with Crippen LogP contribution in [-0.4, -0.2) is 31.9 Å². The lowest BCUT2D eigenvalue weighted by Gasteiger charge is -2.14. The minimum Gasteiger partial charge on any atom is -0.493 e. The summed E-state index contributed by atoms with van der Waals surface area (Å²) in [5, 5.41) is 6.30. The smallest absolute Gasteiger partial charge is 0.387 e. The Morgan fingerprint density at radius 1 is 1.18 bits per heavy atom. The van der Waals surface area contributed by atoms with Gasteiger partial charge in [0.15, 0.2) is 11.5 Å². The summed E-state index contributed by atoms with van der Waals surface area (Å²) >= 11 is 0. The molecule has 6 nitrogen and oxygen atoms in total. The van der Waals surface area contributed by atoms with Crippen molar-refractivity contribution in [3.8, 4) is 11.5 Å². The first-order chi connectivity index (χ1) is 13.5. The Labute approximate surface area is 161 Å². The van der Waals surface area contributed by atoms with Crippen LogP contribution in [0.15, 0.2) is 47.6 Å². The summed E-state index contributed by atoms with van der Waals surface area (Å²) in [7, 11) is 1.34. The van der Waals surface area contributed by atoms with E-state index in [9.17, 15) is 13.6 Å². The van der Waals surface area contributed by atoms with Crippen molar-refractivity contribution in [3.63, 3.8) is 0 Å². The second kappa shape index (κ2) is 8.69. The van der Waals surface area contributed by atoms with E-state index in [2.05, 4.69) is 9.84 Å². The van der Waals surface area contributed by atoms with E-state index in [1.54, 1.807) is 12.1 Å². The van der Waals surface area contributed by atoms with Gasteiger partial charge in [-0.2, -0.15) is 13.9 Å². The molecule has 0 amide bonds. The molecule has 0 radical (unpaired) electrons. The van der Waals surface area contributed by atoms with Crippen molar-refractivity contribution in [2.45, 2.75) is 26.6 Å². The number of nitrogens with zero attached hydrogens (tertiary/aromatic N) is 2. The number of anilines is 1. The molecule has 0 N–H and O–H groups in total. The monoisotopic (exact) mass is 390 g/mol. The van der Waals surface area contributed by atoms with E-state index >= 15 is 0 Å². The Bertz CT molecular complexity index is 869. The SMILES string of the molecule is COc1cc(COC(=O)c2ccc(N3CCC(C)=N3)cc2)ccc1OC(F)F. The lowest BCUT2D eigenvalue weighted by Crippen LogP contribution is -2.12. The summed E-state index contributed by atoms with van der Waals surface area (Å²) < 4.78 is 39.4. The normalized spacial score (nSPS) is 13.5. The lowest BCUT2D eigenvalue weighted by molar-refractivity contribution is -0.0512. The van der Waals surface area contributed by atoms with Crippen molar-refractivity contribution in [1.82, 2.24) is 0 Å². The molecule has 2 aromatic rings. The predicted octanol–water partition coefficient (Wildman–Crippen LogP) is 4.24. The van der Waals surface area contributed by atoms with Crippen molar-refractivity contribution in [2.24, 2.45) is 5.10 Å². The van der Waals surface area contributed by atoms with Crippen LogP contribution in [0.5, 0.6) is 11.5 Å². The number of hydrazone groups is 1. The van der Waals surface area contributed by atoms with Gasteiger partial charge in [0.25, 0.3) is 0 Å². The van der Waals surface area contributed by atoms with E-state index in [4.69, 9.17) is 9.47 Å². The van der Waals surface area contributed by atoms with E-state index in [1.165, 1.54) is 25.3 Å². The Kier molecular flexibility index (Phi) is 6.08. The summed E-state index contributed by atoms with van der Waals surface area (Å²) in [6.45, 7) is -0.173. The maximum absolute atomic E-state index is 12.4. The minimum atomic E-state index is -2.95. The van der Waals surface area contributed by atoms with Gasteiger partial charge in [0, 0.05) is 18.7 Å². The van der Waals surface area contributed by atoms with Gasteiger partial charge < -0.3 is 14.2 Å². The maximum atomic E-state index is 12.4. The number of ether oxygens (including phenoxy) is 3. The van der Waals surface area contributed by atoms with Crippen LogP contribution in [0.3, 0.4) is 0 Å². The van der Waals surface area contributed by atoms with Gasteiger partial charge in [-0.3, -0.25) is 5.01 Å². The number of halogens is 2. The highest BCUT2D eigenvalue weighted by atomic mass is 19.3. The first-order valence-electron chi connectivity index (χ1n) is 8.67. The molecule has 0 fully saturated rings. The molecule has 148 valence electrons. The molecular weight excluding hydrogens is 370 g/mol. The number of carbonyl (C=O) groups is 1. The Morgan fingerprint density at radius 3 is 2.54 bits per heavy atom. The quantitative estimate of drug-likeness (QED) is 0.662. The average molecular weight is 390 g/mol. The molecule has 0 saturated carbocycles. The van der Waals surface area contributed by atoms with Gasteiger partial charge in [-0.15, -0.1) is 0 Å². The summed E-state index contributed by atoms with van der Waals surface area (Å²) in [5.74, 6) is -0.429. The van der Waals surface area contributed by atoms with Crippen molar-refractivity contribution in [1.29, 1.82) is 0 Å². The maximum Gasteiger partial charge on any atom is 0.387 e. The van der Waals surface area contributed by atoms with Crippen LogP contribution in [0.25, 0.3) is 0 Å². The van der Waals surface area contributed by atoms with Crippen LogP contribution in [0, 0.1) is 0 Å². The van der Waals surface area contributed by atoms with Crippen molar-refractivity contribution < 1.29 is 27.8 Å². The molecule has 0 aliphatic carbocycles. The molecule has 28 heavy (non-hydrogen) atoms. The van der Waals surface area contributed by atoms with Gasteiger partial charge in [0.05, 0.1) is 18.4 Å². The van der Waals surface area contributed by atoms with Gasteiger partial charge in [0.2, 0.25) is 0 Å². The number of rotatable bonds is 7. The zero-order valence-electron chi connectivity index (χ0n) is 15.5. The molecule has 1 aliphatic rings. The Balaban J connectivity index is 1.60. The molecule has 0 saturated heterocycles. The number of hydrogen-bond acceptors (Lipinski definition) is 6. The van der Waals surface area contributed by atoms with Crippen LogP contribution in [-0.2, 0) is 11.3 Å². The van der Waals surface area contributed by atoms with Gasteiger partial charge in [0.1, 0.15) is 6.61 Å². The van der Waals surface area contributed by atoms with Crippen molar-refractivity contribution in [3.05, 3.63) is 53.6 Å². The molecule has 0 aromatic heterocycles. The number of alkyl halides is 2. The summed E-state index contributed by atoms with van der Waals surface area (Å²) in [6.07, 6.45) is 0.925. The zero-order valence-corrected chi connectivity index (χ0v) is 15.5. The number of methoxy groups -OCH3 is 1. The molecule has 0 bridgehead atoms. The first kappa shape index (κ1) is 19.6. The minimum absolute atomic E-state index is 0.0263. The van der Waals surface area contributed by atoms with Crippen LogP contribution < -0.4 is 14.5 Å². The molecular formula is C20H20F2N2O4. The third-order valence-corrected chi connectivity index (χ3v) is 4.19. The highest BCUT2D eigenvalue weighted by molar-refractivity contribution is 5.90. The third-order valence-electron chi connectivity index (χ3n) is 4.19. The average Bonchev–Trinajstić information content (AvgIpc) is 3.13. The fourth-order valence-corrected chi connectivity index (χ4v) is 2.76. The highest BCUT2D eigenvalue weighted by Gasteiger charge is 2.15. The fraction of sp³-hybridized carbons (Fsp3) is 0.300. The van der Waals surface area contributed by atoms with Crippen LogP contribution >= 0.6 is 0 Å². The van der Waals surface area contributed by atoms with Crippen LogP contribution in [0.1, 0.15) is 29.3 Å². The number of hydrogen-bond donors (Lipinski definition) is 0. The molecule has 0 spiro atoms. The van der Waals surface area contributed by atoms with E-state index in [-0.39, 0.29) is 18.1 Å². The molecule has 0 unspecified atom stereocenters. The van der Waals surface area contributed by atoms with Gasteiger partial charge >= 0.3 is 12.6 Å². The fourth-order valence-electron chi connectivity index (χ4n) is 2.76. The summed E-state index contributed by atoms with van der Waals surface area (Å²) in [4.78, 5) is 12.3. The highest BCUT2D eigenvalue weighted by Crippen LogP contribution is 2.29. The van der Waals surface area contributed by atoms with E-state index in [0.29, 0.717) is 11.1 Å². The van der Waals surface area contributed by atoms with E-state index in [0.717, 1.165) is 24.4 Å². The Hall–Kier alpha value is -3.16. The first-order valence-corrected chi connectivity index (χ1v) is 8.67. The number of esters is 1. The van der Waals surface area contributed by atoms with Gasteiger partial charge in [-0.25, -0.2) is 4.79 Å². The molecule has 8 heteroatoms. The Morgan fingerprint density at radius 2 is 1.93 bits per heavy atom. The predicted molar refractivity (Wildman–Crippen MR) is 100 cm³/mol. The molecule has 0 atom stereocenters. The number of carbonyl (C=O) groups excluding carboxylic acids is 1. The van der Waals surface area contributed by atoms with E-state index in [1.807, 2.05) is 24.1 Å². The zero-order chi connectivity index (χ0) is 20.1. The molecule has 1 heterocycles. The third kappa shape index (κ3) is 4.76. The summed E-state index contributed by atoms with van der Waals surface area (Å²) in [6, 6.07) is 11.4. The van der Waals surface area contributed by atoms with Gasteiger partial charge in [-0.05, 0) is 48.9 Å². The largest absolute Gasteiger partial charge is 0.493 e. The summed E-state index contributed by atoms with van der Waals surface area (Å²) in [5.41, 5.74) is 2.98. The standard InChI is InChI=1S/C20H20F2N2O4/c1-13-9-10-24(23-13)16-6-4-15(5-7-16)19(25)27-12-14-3-8-17(28-20(21)22)18(11-14)26-2/h3-8,11,20H,9-10,12H2,1-2H3. The van der Waals surface area contributed by atoms with Crippen LogP contribution in [0.2, 0.25) is 0 Å². The second-order valence-electron chi connectivity index (χ2n) is 6.20. The topological polar surface area (TPSA) is 60.4 Å². The second-order valence-corrected chi connectivity index (χ2v) is 6.20. The van der Waals surface area contributed by atoms with Crippen molar-refractivity contribution >= 4 is 17.4 Å². The molecule has 1 aliphatic heterocycles.